The summed E-state index contributed by atoms with van der Waals surface area (Å²) in [4.78, 5) is 22.2. The molecule has 9 nitrogen and oxygen atoms in total. The number of hydrogen-bond donors (Lipinski definition) is 4. The van der Waals surface area contributed by atoms with Crippen LogP contribution in [0, 0.1) is 0 Å². The predicted octanol–water partition coefficient (Wildman–Crippen LogP) is 2.72. The Morgan fingerprint density at radius 3 is 2.48 bits per heavy atom. The van der Waals surface area contributed by atoms with Crippen molar-refractivity contribution >= 4 is 17.5 Å². The molecule has 1 heterocycles. The Kier molecular flexibility index (Phi) is 5.68. The fourth-order valence-corrected chi connectivity index (χ4v) is 2.69. The number of phenols is 2. The number of ether oxygens (including phenoxy) is 1. The number of nitrogens with zero attached hydrogens (tertiary/aromatic N) is 1. The molecule has 3 rings (SSSR count). The molecule has 0 bridgehead atoms. The van der Waals surface area contributed by atoms with E-state index < -0.39 is 5.91 Å². The summed E-state index contributed by atoms with van der Waals surface area (Å²) in [7, 11) is 0. The lowest BCUT2D eigenvalue weighted by Crippen LogP contribution is -2.10. The van der Waals surface area contributed by atoms with Crippen molar-refractivity contribution in [2.75, 3.05) is 5.32 Å². The van der Waals surface area contributed by atoms with Crippen LogP contribution in [0.2, 0.25) is 0 Å². The van der Waals surface area contributed by atoms with Gasteiger partial charge in [0.25, 0.3) is 5.91 Å². The van der Waals surface area contributed by atoms with E-state index in [1.165, 1.54) is 25.1 Å². The highest BCUT2D eigenvalue weighted by molar-refractivity contribution is 5.90. The first-order chi connectivity index (χ1) is 13.8. The first-order valence-corrected chi connectivity index (χ1v) is 8.67. The van der Waals surface area contributed by atoms with Crippen LogP contribution in [0.4, 0.5) is 5.69 Å². The van der Waals surface area contributed by atoms with Crippen molar-refractivity contribution in [2.45, 2.75) is 19.8 Å². The summed E-state index contributed by atoms with van der Waals surface area (Å²) in [5.41, 5.74) is 6.22. The first kappa shape index (κ1) is 19.7. The molecule has 0 unspecified atom stereocenters. The van der Waals surface area contributed by atoms with Gasteiger partial charge in [0.15, 0.2) is 5.69 Å². The number of nitrogens with one attached hydrogen (secondary N) is 1. The molecule has 0 saturated heterocycles. The van der Waals surface area contributed by atoms with Gasteiger partial charge in [0.05, 0.1) is 0 Å². The second kappa shape index (κ2) is 8.34. The molecule has 1 aromatic heterocycles. The molecule has 2 amide bonds. The molecule has 0 aliphatic rings. The van der Waals surface area contributed by atoms with E-state index in [9.17, 15) is 19.8 Å². The largest absolute Gasteiger partial charge is 0.508 e. The number of phenolic OH excluding ortho intramolecular Hbond substituents is 2. The lowest BCUT2D eigenvalue weighted by Gasteiger charge is -2.13. The number of aromatic nitrogens is 1. The molecule has 0 aliphatic carbocycles. The number of amides is 2. The van der Waals surface area contributed by atoms with Gasteiger partial charge in [0.1, 0.15) is 28.8 Å². The third-order valence-corrected chi connectivity index (χ3v) is 4.01. The molecule has 0 fully saturated rings. The Morgan fingerprint density at radius 1 is 1.14 bits per heavy atom. The molecule has 0 spiro atoms. The number of aryl methyl sites for hydroxylation is 1. The molecule has 3 aromatic rings. The summed E-state index contributed by atoms with van der Waals surface area (Å²) in [6, 6.07) is 10.6. The summed E-state index contributed by atoms with van der Waals surface area (Å²) < 4.78 is 10.9. The third kappa shape index (κ3) is 5.04. The molecule has 2 aromatic carbocycles. The summed E-state index contributed by atoms with van der Waals surface area (Å²) in [6.07, 6.45) is 0.606. The van der Waals surface area contributed by atoms with Crippen molar-refractivity contribution in [2.24, 2.45) is 5.73 Å². The Bertz CT molecular complexity index is 1040. The standard InChI is InChI=1S/C20H19N3O6/c1-11(24)22-12-2-4-14(5-3-12)28-19-9-13(25)8-18(26)16(19)7-6-15-10-17(20(21)27)23-29-15/h2-5,8-10,25-26H,6-7H2,1H3,(H2,21,27)(H,22,24). The highest BCUT2D eigenvalue weighted by Crippen LogP contribution is 2.36. The van der Waals surface area contributed by atoms with Crippen LogP contribution in [0.1, 0.15) is 28.7 Å². The monoisotopic (exact) mass is 397 g/mol. The Labute approximate surface area is 165 Å². The quantitative estimate of drug-likeness (QED) is 0.479. The molecule has 5 N–H and O–H groups in total. The number of hydrogen-bond acceptors (Lipinski definition) is 7. The van der Waals surface area contributed by atoms with Crippen LogP contribution in [0.5, 0.6) is 23.0 Å². The summed E-state index contributed by atoms with van der Waals surface area (Å²) >= 11 is 0. The molecule has 0 radical (unpaired) electrons. The normalized spacial score (nSPS) is 10.5. The van der Waals surface area contributed by atoms with Crippen LogP contribution >= 0.6 is 0 Å². The Hall–Kier alpha value is -4.01. The number of nitrogens with two attached hydrogens (primary N) is 1. The molecular formula is C20H19N3O6. The molecular weight excluding hydrogens is 378 g/mol. The van der Waals surface area contributed by atoms with Gasteiger partial charge in [0, 0.05) is 42.8 Å². The second-order valence-electron chi connectivity index (χ2n) is 6.29. The lowest BCUT2D eigenvalue weighted by molar-refractivity contribution is -0.114. The highest BCUT2D eigenvalue weighted by atomic mass is 16.5. The Morgan fingerprint density at radius 2 is 1.86 bits per heavy atom. The summed E-state index contributed by atoms with van der Waals surface area (Å²) in [6.45, 7) is 1.41. The average Bonchev–Trinajstić information content (AvgIpc) is 3.11. The highest BCUT2D eigenvalue weighted by Gasteiger charge is 2.15. The molecule has 0 aliphatic heterocycles. The van der Waals surface area contributed by atoms with Gasteiger partial charge in [0.2, 0.25) is 5.91 Å². The topological polar surface area (TPSA) is 148 Å². The van der Waals surface area contributed by atoms with Crippen LogP contribution in [-0.2, 0) is 17.6 Å². The number of primary amides is 1. The number of carbonyl (C=O) groups is 2. The fourth-order valence-electron chi connectivity index (χ4n) is 2.69. The molecule has 0 atom stereocenters. The smallest absolute Gasteiger partial charge is 0.270 e. The molecule has 9 heteroatoms. The number of benzene rings is 2. The minimum atomic E-state index is -0.695. The number of anilines is 1. The van der Waals surface area contributed by atoms with E-state index in [1.54, 1.807) is 24.3 Å². The van der Waals surface area contributed by atoms with Gasteiger partial charge < -0.3 is 30.5 Å². The fraction of sp³-hybridized carbons (Fsp3) is 0.150. The third-order valence-electron chi connectivity index (χ3n) is 4.01. The van der Waals surface area contributed by atoms with Crippen molar-refractivity contribution in [1.82, 2.24) is 5.16 Å². The molecule has 29 heavy (non-hydrogen) atoms. The predicted molar refractivity (Wildman–Crippen MR) is 103 cm³/mol. The van der Waals surface area contributed by atoms with Crippen LogP contribution in [0.3, 0.4) is 0 Å². The van der Waals surface area contributed by atoms with Gasteiger partial charge in [-0.1, -0.05) is 5.16 Å². The van der Waals surface area contributed by atoms with Crippen LogP contribution in [0.25, 0.3) is 0 Å². The SMILES string of the molecule is CC(=O)Nc1ccc(Oc2cc(O)cc(O)c2CCc2cc(C(N)=O)no2)cc1. The summed E-state index contributed by atoms with van der Waals surface area (Å²) in [5.74, 6) is -0.0800. The lowest BCUT2D eigenvalue weighted by atomic mass is 10.1. The number of carbonyl (C=O) groups excluding carboxylic acids is 2. The minimum absolute atomic E-state index is 0.0191. The van der Waals surface area contributed by atoms with Crippen molar-refractivity contribution in [3.63, 3.8) is 0 Å². The van der Waals surface area contributed by atoms with Gasteiger partial charge in [-0.05, 0) is 30.7 Å². The van der Waals surface area contributed by atoms with Crippen molar-refractivity contribution < 1.29 is 29.1 Å². The van der Waals surface area contributed by atoms with Crippen LogP contribution in [-0.4, -0.2) is 27.2 Å². The Balaban J connectivity index is 1.79. The second-order valence-corrected chi connectivity index (χ2v) is 6.29. The van der Waals surface area contributed by atoms with E-state index in [0.29, 0.717) is 35.6 Å². The average molecular weight is 397 g/mol. The van der Waals surface area contributed by atoms with Gasteiger partial charge in [-0.2, -0.15) is 0 Å². The van der Waals surface area contributed by atoms with Gasteiger partial charge in [-0.25, -0.2) is 0 Å². The zero-order chi connectivity index (χ0) is 21.0. The maximum absolute atomic E-state index is 11.1. The van der Waals surface area contributed by atoms with E-state index in [1.807, 2.05) is 0 Å². The van der Waals surface area contributed by atoms with Gasteiger partial charge in [-0.15, -0.1) is 0 Å². The van der Waals surface area contributed by atoms with Crippen LogP contribution < -0.4 is 15.8 Å². The van der Waals surface area contributed by atoms with E-state index in [-0.39, 0.29) is 28.8 Å². The van der Waals surface area contributed by atoms with Crippen molar-refractivity contribution in [3.8, 4) is 23.0 Å². The maximum atomic E-state index is 11.1. The van der Waals surface area contributed by atoms with Gasteiger partial charge in [-0.3, -0.25) is 9.59 Å². The zero-order valence-electron chi connectivity index (χ0n) is 15.5. The van der Waals surface area contributed by atoms with Crippen molar-refractivity contribution in [3.05, 3.63) is 59.5 Å². The van der Waals surface area contributed by atoms with Crippen molar-refractivity contribution in [1.29, 1.82) is 0 Å². The number of rotatable bonds is 7. The van der Waals surface area contributed by atoms with Crippen LogP contribution in [0.15, 0.2) is 47.0 Å². The molecule has 150 valence electrons. The van der Waals surface area contributed by atoms with E-state index in [0.717, 1.165) is 0 Å². The summed E-state index contributed by atoms with van der Waals surface area (Å²) in [5, 5.41) is 26.3. The number of aromatic hydroxyl groups is 2. The maximum Gasteiger partial charge on any atom is 0.270 e. The molecule has 0 saturated carbocycles. The first-order valence-electron chi connectivity index (χ1n) is 8.67. The van der Waals surface area contributed by atoms with E-state index in [2.05, 4.69) is 10.5 Å². The van der Waals surface area contributed by atoms with Gasteiger partial charge >= 0.3 is 0 Å². The van der Waals surface area contributed by atoms with E-state index >= 15 is 0 Å². The van der Waals surface area contributed by atoms with E-state index in [4.69, 9.17) is 15.0 Å². The zero-order valence-corrected chi connectivity index (χ0v) is 15.5. The minimum Gasteiger partial charge on any atom is -0.508 e.